The summed E-state index contributed by atoms with van der Waals surface area (Å²) in [6.45, 7) is 2.04. The molecular formula is C5H7NOS. The second kappa shape index (κ2) is 2.13. The van der Waals surface area contributed by atoms with E-state index >= 15 is 0 Å². The van der Waals surface area contributed by atoms with Gasteiger partial charge in [0.1, 0.15) is 6.26 Å². The van der Waals surface area contributed by atoms with Gasteiger partial charge in [0.25, 0.3) is 4.84 Å². The molecule has 0 aliphatic carbocycles. The molecule has 0 radical (unpaired) electrons. The lowest BCUT2D eigenvalue weighted by molar-refractivity contribution is 0.539. The third-order valence-corrected chi connectivity index (χ3v) is 1.15. The Hall–Kier alpha value is -0.570. The van der Waals surface area contributed by atoms with Gasteiger partial charge in [-0.1, -0.05) is 6.92 Å². The average molecular weight is 129 g/mol. The monoisotopic (exact) mass is 129 g/mol. The summed E-state index contributed by atoms with van der Waals surface area (Å²) in [6, 6.07) is 0. The van der Waals surface area contributed by atoms with Gasteiger partial charge in [0.2, 0.25) is 0 Å². The molecule has 1 N–H and O–H groups in total. The maximum absolute atomic E-state index is 4.81. The summed E-state index contributed by atoms with van der Waals surface area (Å²) in [5.74, 6) is 0. The molecule has 0 aliphatic heterocycles. The molecular weight excluding hydrogens is 122 g/mol. The van der Waals surface area contributed by atoms with Crippen LogP contribution in [0.4, 0.5) is 0 Å². The highest BCUT2D eigenvalue weighted by atomic mass is 32.1. The number of rotatable bonds is 1. The molecule has 1 heterocycles. The van der Waals surface area contributed by atoms with Crippen molar-refractivity contribution in [3.8, 4) is 0 Å². The van der Waals surface area contributed by atoms with Crippen LogP contribution in [0.5, 0.6) is 0 Å². The largest absolute Gasteiger partial charge is 0.438 e. The molecule has 0 amide bonds. The van der Waals surface area contributed by atoms with Crippen LogP contribution in [-0.2, 0) is 6.42 Å². The van der Waals surface area contributed by atoms with E-state index in [1.54, 1.807) is 6.26 Å². The molecule has 0 spiro atoms. The van der Waals surface area contributed by atoms with E-state index in [0.29, 0.717) is 4.84 Å². The van der Waals surface area contributed by atoms with E-state index in [1.807, 2.05) is 6.92 Å². The fraction of sp³-hybridized carbons (Fsp3) is 0.400. The number of aromatic nitrogens is 1. The van der Waals surface area contributed by atoms with Gasteiger partial charge in [-0.25, -0.2) is 0 Å². The molecule has 1 aromatic heterocycles. The molecule has 1 rings (SSSR count). The standard InChI is InChI=1S/C5H7NOS/c1-2-4-3-7-5(8)6-4/h3H,2H2,1H3,(H,6,8). The Labute approximate surface area is 52.5 Å². The van der Waals surface area contributed by atoms with Crippen LogP contribution in [0.2, 0.25) is 0 Å². The quantitative estimate of drug-likeness (QED) is 0.587. The smallest absolute Gasteiger partial charge is 0.266 e. The minimum absolute atomic E-state index is 0.460. The van der Waals surface area contributed by atoms with Crippen molar-refractivity contribution >= 4 is 12.2 Å². The van der Waals surface area contributed by atoms with Crippen LogP contribution in [0.3, 0.4) is 0 Å². The maximum atomic E-state index is 4.81. The molecule has 0 bridgehead atoms. The molecule has 1 aromatic rings. The molecule has 0 atom stereocenters. The predicted molar refractivity (Wildman–Crippen MR) is 33.3 cm³/mol. The highest BCUT2D eigenvalue weighted by Gasteiger charge is 1.87. The van der Waals surface area contributed by atoms with Gasteiger partial charge in [-0.05, 0) is 18.6 Å². The van der Waals surface area contributed by atoms with Crippen LogP contribution < -0.4 is 0 Å². The van der Waals surface area contributed by atoms with E-state index in [0.717, 1.165) is 12.1 Å². The first-order valence-corrected chi connectivity index (χ1v) is 2.90. The van der Waals surface area contributed by atoms with Crippen molar-refractivity contribution in [3.05, 3.63) is 16.8 Å². The van der Waals surface area contributed by atoms with Gasteiger partial charge in [-0.3, -0.25) is 0 Å². The lowest BCUT2D eigenvalue weighted by Crippen LogP contribution is -1.74. The van der Waals surface area contributed by atoms with Crippen molar-refractivity contribution in [2.45, 2.75) is 13.3 Å². The fourth-order valence-electron chi connectivity index (χ4n) is 0.486. The zero-order chi connectivity index (χ0) is 5.98. The summed E-state index contributed by atoms with van der Waals surface area (Å²) in [6.07, 6.45) is 2.59. The molecule has 0 aliphatic rings. The molecule has 2 nitrogen and oxygen atoms in total. The Balaban J connectivity index is 3.01. The van der Waals surface area contributed by atoms with Crippen molar-refractivity contribution in [3.63, 3.8) is 0 Å². The number of aromatic amines is 1. The maximum Gasteiger partial charge on any atom is 0.266 e. The minimum atomic E-state index is 0.460. The number of hydrogen-bond donors (Lipinski definition) is 1. The van der Waals surface area contributed by atoms with Gasteiger partial charge in [-0.2, -0.15) is 0 Å². The Kier molecular flexibility index (Phi) is 1.48. The first-order valence-electron chi connectivity index (χ1n) is 2.49. The molecule has 0 saturated heterocycles. The fourth-order valence-corrected chi connectivity index (χ4v) is 0.666. The summed E-state index contributed by atoms with van der Waals surface area (Å²) in [7, 11) is 0. The second-order valence-corrected chi connectivity index (χ2v) is 1.90. The Morgan fingerprint density at radius 1 is 1.88 bits per heavy atom. The average Bonchev–Trinajstić information content (AvgIpc) is 2.14. The van der Waals surface area contributed by atoms with Crippen molar-refractivity contribution in [2.24, 2.45) is 0 Å². The third-order valence-electron chi connectivity index (χ3n) is 0.952. The van der Waals surface area contributed by atoms with Crippen LogP contribution in [0, 0.1) is 4.84 Å². The van der Waals surface area contributed by atoms with Crippen LogP contribution in [0.25, 0.3) is 0 Å². The van der Waals surface area contributed by atoms with Gasteiger partial charge < -0.3 is 9.40 Å². The lowest BCUT2D eigenvalue weighted by Gasteiger charge is -1.77. The van der Waals surface area contributed by atoms with E-state index in [4.69, 9.17) is 4.42 Å². The molecule has 0 fully saturated rings. The number of nitrogens with one attached hydrogen (secondary N) is 1. The van der Waals surface area contributed by atoms with Gasteiger partial charge in [0, 0.05) is 0 Å². The Morgan fingerprint density at radius 3 is 2.88 bits per heavy atom. The topological polar surface area (TPSA) is 28.9 Å². The summed E-state index contributed by atoms with van der Waals surface area (Å²) in [5, 5.41) is 0. The summed E-state index contributed by atoms with van der Waals surface area (Å²) in [5.41, 5.74) is 1.05. The van der Waals surface area contributed by atoms with Crippen molar-refractivity contribution in [1.29, 1.82) is 0 Å². The van der Waals surface area contributed by atoms with Gasteiger partial charge in [-0.15, -0.1) is 0 Å². The first kappa shape index (κ1) is 5.56. The predicted octanol–water partition coefficient (Wildman–Crippen LogP) is 1.90. The van der Waals surface area contributed by atoms with E-state index in [-0.39, 0.29) is 0 Å². The van der Waals surface area contributed by atoms with E-state index in [9.17, 15) is 0 Å². The third kappa shape index (κ3) is 0.980. The van der Waals surface area contributed by atoms with Crippen molar-refractivity contribution in [2.75, 3.05) is 0 Å². The highest BCUT2D eigenvalue weighted by molar-refractivity contribution is 7.71. The summed E-state index contributed by atoms with van der Waals surface area (Å²) in [4.78, 5) is 3.33. The Bertz CT molecular complexity index is 212. The molecule has 8 heavy (non-hydrogen) atoms. The van der Waals surface area contributed by atoms with E-state index in [1.165, 1.54) is 0 Å². The van der Waals surface area contributed by atoms with Crippen LogP contribution in [-0.4, -0.2) is 4.98 Å². The van der Waals surface area contributed by atoms with Crippen LogP contribution >= 0.6 is 12.2 Å². The molecule has 3 heteroatoms. The van der Waals surface area contributed by atoms with Gasteiger partial charge in [0.05, 0.1) is 5.69 Å². The van der Waals surface area contributed by atoms with E-state index < -0.39 is 0 Å². The number of H-pyrrole nitrogens is 1. The zero-order valence-electron chi connectivity index (χ0n) is 4.60. The number of oxazole rings is 1. The zero-order valence-corrected chi connectivity index (χ0v) is 5.42. The van der Waals surface area contributed by atoms with E-state index in [2.05, 4.69) is 17.2 Å². The Morgan fingerprint density at radius 2 is 2.62 bits per heavy atom. The van der Waals surface area contributed by atoms with Crippen LogP contribution in [0.1, 0.15) is 12.6 Å². The van der Waals surface area contributed by atoms with Gasteiger partial charge in [0.15, 0.2) is 0 Å². The molecule has 0 aromatic carbocycles. The number of aryl methyl sites for hydroxylation is 1. The summed E-state index contributed by atoms with van der Waals surface area (Å²) < 4.78 is 4.81. The summed E-state index contributed by atoms with van der Waals surface area (Å²) >= 11 is 4.68. The molecule has 0 saturated carbocycles. The lowest BCUT2D eigenvalue weighted by atomic mass is 10.4. The molecule has 44 valence electrons. The van der Waals surface area contributed by atoms with Crippen molar-refractivity contribution < 1.29 is 4.42 Å². The minimum Gasteiger partial charge on any atom is -0.438 e. The highest BCUT2D eigenvalue weighted by Crippen LogP contribution is 1.95. The van der Waals surface area contributed by atoms with Crippen LogP contribution in [0.15, 0.2) is 10.7 Å². The second-order valence-electron chi connectivity index (χ2n) is 1.53. The van der Waals surface area contributed by atoms with Crippen molar-refractivity contribution in [1.82, 2.24) is 4.98 Å². The SMILES string of the molecule is CCc1coc(=S)[nH]1. The number of hydrogen-bond acceptors (Lipinski definition) is 2. The molecule has 0 unspecified atom stereocenters. The normalized spacial score (nSPS) is 9.62. The first-order chi connectivity index (χ1) is 3.83. The van der Waals surface area contributed by atoms with Gasteiger partial charge >= 0.3 is 0 Å².